The third-order valence-electron chi connectivity index (χ3n) is 1.50. The number of hydrogen-bond donors (Lipinski definition) is 0. The molecule has 0 aliphatic carbocycles. The van der Waals surface area contributed by atoms with Gasteiger partial charge in [0.15, 0.2) is 0 Å². The number of halogens is 2. The molecular weight excluding hydrogens is 274 g/mol. The Morgan fingerprint density at radius 1 is 1.45 bits per heavy atom. The molecule has 0 heterocycles. The highest BCUT2D eigenvalue weighted by molar-refractivity contribution is 14.1. The summed E-state index contributed by atoms with van der Waals surface area (Å²) in [5, 5.41) is 0. The monoisotopic (exact) mass is 282 g/mol. The van der Waals surface area contributed by atoms with Gasteiger partial charge in [0, 0.05) is 8.47 Å². The van der Waals surface area contributed by atoms with Crippen LogP contribution < -0.4 is 0 Å². The normalized spacial score (nSPS) is 10.2. The maximum absolute atomic E-state index is 13.2. The summed E-state index contributed by atoms with van der Waals surface area (Å²) in [7, 11) is 0. The molecule has 3 heteroatoms. The summed E-state index contributed by atoms with van der Waals surface area (Å²) in [4.78, 5) is 0.725. The van der Waals surface area contributed by atoms with Gasteiger partial charge < -0.3 is 0 Å². The Morgan fingerprint density at radius 2 is 2.09 bits per heavy atom. The minimum absolute atomic E-state index is 0.0793. The topological polar surface area (TPSA) is 0 Å². The van der Waals surface area contributed by atoms with Gasteiger partial charge in [0.05, 0.1) is 0 Å². The maximum atomic E-state index is 13.2. The minimum Gasteiger partial charge on any atom is -0.205 e. The Labute approximate surface area is 83.7 Å². The molecule has 0 amide bonds. The van der Waals surface area contributed by atoms with Gasteiger partial charge in [-0.05, 0) is 53.5 Å². The molecule has 0 saturated heterocycles. The van der Waals surface area contributed by atoms with E-state index in [1.165, 1.54) is 11.8 Å². The van der Waals surface area contributed by atoms with Crippen LogP contribution in [0.1, 0.15) is 5.56 Å². The van der Waals surface area contributed by atoms with Crippen molar-refractivity contribution in [1.29, 1.82) is 0 Å². The average Bonchev–Trinajstić information content (AvgIpc) is 2.01. The second-order valence-corrected chi connectivity index (χ2v) is 4.20. The fourth-order valence-electron chi connectivity index (χ4n) is 0.794. The van der Waals surface area contributed by atoms with Crippen molar-refractivity contribution >= 4 is 34.4 Å². The van der Waals surface area contributed by atoms with E-state index in [2.05, 4.69) is 22.6 Å². The summed E-state index contributed by atoms with van der Waals surface area (Å²) >= 11 is 3.57. The standard InChI is InChI=1S/C8H8FIS/c1-5-6(10)3-4-7(11-2)8(5)9/h3-4H,1-2H3. The van der Waals surface area contributed by atoms with Gasteiger partial charge in [-0.15, -0.1) is 11.8 Å². The summed E-state index contributed by atoms with van der Waals surface area (Å²) in [5.41, 5.74) is 0.748. The summed E-state index contributed by atoms with van der Waals surface area (Å²) in [6.45, 7) is 1.80. The third kappa shape index (κ3) is 1.87. The van der Waals surface area contributed by atoms with Crippen LogP contribution in [-0.2, 0) is 0 Å². The molecule has 0 aliphatic heterocycles. The van der Waals surface area contributed by atoms with Gasteiger partial charge in [-0.3, -0.25) is 0 Å². The van der Waals surface area contributed by atoms with Crippen LogP contribution in [0.4, 0.5) is 4.39 Å². The molecule has 60 valence electrons. The first-order valence-corrected chi connectivity index (χ1v) is 5.45. The first-order valence-electron chi connectivity index (χ1n) is 3.15. The minimum atomic E-state index is -0.0793. The molecule has 0 N–H and O–H groups in total. The molecule has 1 rings (SSSR count). The molecular formula is C8H8FIS. The lowest BCUT2D eigenvalue weighted by molar-refractivity contribution is 0.591. The Balaban J connectivity index is 3.25. The zero-order valence-corrected chi connectivity index (χ0v) is 9.29. The van der Waals surface area contributed by atoms with Gasteiger partial charge in [-0.2, -0.15) is 0 Å². The second-order valence-electron chi connectivity index (χ2n) is 2.19. The molecule has 1 aromatic rings. The van der Waals surface area contributed by atoms with E-state index in [4.69, 9.17) is 0 Å². The number of benzene rings is 1. The van der Waals surface area contributed by atoms with E-state index in [-0.39, 0.29) is 5.82 Å². The first-order chi connectivity index (χ1) is 5.16. The van der Waals surface area contributed by atoms with Crippen molar-refractivity contribution in [2.24, 2.45) is 0 Å². The van der Waals surface area contributed by atoms with Crippen LogP contribution in [0.2, 0.25) is 0 Å². The quantitative estimate of drug-likeness (QED) is 0.561. The van der Waals surface area contributed by atoms with Gasteiger partial charge in [-0.25, -0.2) is 4.39 Å². The fraction of sp³-hybridized carbons (Fsp3) is 0.250. The molecule has 0 nitrogen and oxygen atoms in total. The van der Waals surface area contributed by atoms with E-state index < -0.39 is 0 Å². The Bertz CT molecular complexity index is 273. The van der Waals surface area contributed by atoms with Crippen molar-refractivity contribution < 1.29 is 4.39 Å². The molecule has 0 spiro atoms. The second kappa shape index (κ2) is 3.76. The largest absolute Gasteiger partial charge is 0.205 e. The lowest BCUT2D eigenvalue weighted by Gasteiger charge is -2.03. The van der Waals surface area contributed by atoms with Crippen LogP contribution in [-0.4, -0.2) is 6.26 Å². The maximum Gasteiger partial charge on any atom is 0.140 e. The van der Waals surface area contributed by atoms with Gasteiger partial charge >= 0.3 is 0 Å². The molecule has 0 unspecified atom stereocenters. The average molecular weight is 282 g/mol. The predicted octanol–water partition coefficient (Wildman–Crippen LogP) is 3.46. The lowest BCUT2D eigenvalue weighted by atomic mass is 10.2. The fourth-order valence-corrected chi connectivity index (χ4v) is 1.75. The first kappa shape index (κ1) is 9.32. The van der Waals surface area contributed by atoms with Gasteiger partial charge in [-0.1, -0.05) is 0 Å². The molecule has 11 heavy (non-hydrogen) atoms. The molecule has 0 fully saturated rings. The van der Waals surface area contributed by atoms with E-state index in [0.29, 0.717) is 0 Å². The highest BCUT2D eigenvalue weighted by Crippen LogP contribution is 2.24. The van der Waals surface area contributed by atoms with Crippen LogP contribution in [0.25, 0.3) is 0 Å². The number of thioether (sulfide) groups is 1. The van der Waals surface area contributed by atoms with E-state index >= 15 is 0 Å². The van der Waals surface area contributed by atoms with Gasteiger partial charge in [0.1, 0.15) is 5.82 Å². The third-order valence-corrected chi connectivity index (χ3v) is 3.43. The Kier molecular flexibility index (Phi) is 3.18. The molecule has 0 radical (unpaired) electrons. The highest BCUT2D eigenvalue weighted by Gasteiger charge is 2.05. The zero-order valence-electron chi connectivity index (χ0n) is 6.32. The van der Waals surface area contributed by atoms with Crippen molar-refractivity contribution in [1.82, 2.24) is 0 Å². The van der Waals surface area contributed by atoms with E-state index in [0.717, 1.165) is 14.0 Å². The molecule has 0 saturated carbocycles. The zero-order chi connectivity index (χ0) is 8.43. The van der Waals surface area contributed by atoms with Crippen LogP contribution in [0.5, 0.6) is 0 Å². The van der Waals surface area contributed by atoms with Crippen LogP contribution in [0.15, 0.2) is 17.0 Å². The molecule has 0 atom stereocenters. The Hall–Kier alpha value is 0.230. The summed E-state index contributed by atoms with van der Waals surface area (Å²) in [5.74, 6) is -0.0793. The van der Waals surface area contributed by atoms with Crippen LogP contribution in [0, 0.1) is 16.3 Å². The van der Waals surface area contributed by atoms with E-state index in [1.807, 2.05) is 18.4 Å². The van der Waals surface area contributed by atoms with Crippen molar-refractivity contribution in [2.75, 3.05) is 6.26 Å². The van der Waals surface area contributed by atoms with E-state index in [9.17, 15) is 4.39 Å². The molecule has 0 aliphatic rings. The van der Waals surface area contributed by atoms with E-state index in [1.54, 1.807) is 6.92 Å². The Morgan fingerprint density at radius 3 is 2.64 bits per heavy atom. The van der Waals surface area contributed by atoms with Crippen molar-refractivity contribution in [2.45, 2.75) is 11.8 Å². The molecule has 0 bridgehead atoms. The summed E-state index contributed by atoms with van der Waals surface area (Å²) < 4.78 is 14.2. The summed E-state index contributed by atoms with van der Waals surface area (Å²) in [6, 6.07) is 3.75. The van der Waals surface area contributed by atoms with Crippen molar-refractivity contribution in [3.05, 3.63) is 27.1 Å². The van der Waals surface area contributed by atoms with Crippen molar-refractivity contribution in [3.8, 4) is 0 Å². The number of rotatable bonds is 1. The lowest BCUT2D eigenvalue weighted by Crippen LogP contribution is -1.88. The molecule has 1 aromatic carbocycles. The summed E-state index contributed by atoms with van der Waals surface area (Å²) in [6.07, 6.45) is 1.88. The van der Waals surface area contributed by atoms with Crippen molar-refractivity contribution in [3.63, 3.8) is 0 Å². The van der Waals surface area contributed by atoms with Crippen LogP contribution in [0.3, 0.4) is 0 Å². The smallest absolute Gasteiger partial charge is 0.140 e. The number of hydrogen-bond acceptors (Lipinski definition) is 1. The SMILES string of the molecule is CSc1ccc(I)c(C)c1F. The predicted molar refractivity (Wildman–Crippen MR) is 55.6 cm³/mol. The van der Waals surface area contributed by atoms with Crippen LogP contribution >= 0.6 is 34.4 Å². The van der Waals surface area contributed by atoms with Gasteiger partial charge in [0.2, 0.25) is 0 Å². The highest BCUT2D eigenvalue weighted by atomic mass is 127. The van der Waals surface area contributed by atoms with Gasteiger partial charge in [0.25, 0.3) is 0 Å². The molecule has 0 aromatic heterocycles.